The maximum absolute atomic E-state index is 12.6. The Balaban J connectivity index is 1.85. The van der Waals surface area contributed by atoms with Gasteiger partial charge in [-0.1, -0.05) is 12.1 Å². The Bertz CT molecular complexity index is 916. The number of hydrogen-bond acceptors (Lipinski definition) is 6. The Morgan fingerprint density at radius 1 is 1.22 bits per heavy atom. The normalized spacial score (nSPS) is 13.5. The molecule has 0 saturated carbocycles. The third-order valence-electron chi connectivity index (χ3n) is 4.41. The monoisotopic (exact) mass is 370 g/mol. The zero-order valence-corrected chi connectivity index (χ0v) is 15.4. The lowest BCUT2D eigenvalue weighted by molar-refractivity contribution is -0.116. The standard InChI is InChI=1S/C19H22N4O4/c1-13-11-17(25)23(19(20-13)22-9-5-6-10-22)12-16(24)21-15-8-4-3-7-14(15)18(26)27-2/h3-4,7-8,11H,5-6,9-10,12H2,1-2H3,(H,21,24). The van der Waals surface area contributed by atoms with Crippen LogP contribution >= 0.6 is 0 Å². The average molecular weight is 370 g/mol. The van der Waals surface area contributed by atoms with Crippen LogP contribution in [0.5, 0.6) is 0 Å². The number of nitrogens with one attached hydrogen (secondary N) is 1. The maximum Gasteiger partial charge on any atom is 0.339 e. The molecule has 142 valence electrons. The van der Waals surface area contributed by atoms with E-state index < -0.39 is 11.9 Å². The van der Waals surface area contributed by atoms with Crippen molar-refractivity contribution < 1.29 is 14.3 Å². The first kappa shape index (κ1) is 18.6. The van der Waals surface area contributed by atoms with Gasteiger partial charge in [-0.2, -0.15) is 0 Å². The van der Waals surface area contributed by atoms with E-state index in [2.05, 4.69) is 10.3 Å². The minimum absolute atomic E-state index is 0.187. The van der Waals surface area contributed by atoms with Gasteiger partial charge in [0.2, 0.25) is 11.9 Å². The van der Waals surface area contributed by atoms with Gasteiger partial charge in [0.25, 0.3) is 5.56 Å². The van der Waals surface area contributed by atoms with Crippen molar-refractivity contribution >= 4 is 23.5 Å². The number of amides is 1. The van der Waals surface area contributed by atoms with Crippen LogP contribution in [0.4, 0.5) is 11.6 Å². The van der Waals surface area contributed by atoms with Crippen LogP contribution in [0.25, 0.3) is 0 Å². The molecule has 3 rings (SSSR count). The number of ether oxygens (including phenoxy) is 1. The molecule has 27 heavy (non-hydrogen) atoms. The summed E-state index contributed by atoms with van der Waals surface area (Å²) in [7, 11) is 1.28. The molecule has 1 amide bonds. The van der Waals surface area contributed by atoms with Crippen LogP contribution in [-0.4, -0.2) is 41.6 Å². The zero-order chi connectivity index (χ0) is 19.4. The number of benzene rings is 1. The van der Waals surface area contributed by atoms with Crippen LogP contribution in [0.1, 0.15) is 28.9 Å². The molecule has 1 saturated heterocycles. The highest BCUT2D eigenvalue weighted by Gasteiger charge is 2.21. The van der Waals surface area contributed by atoms with Gasteiger partial charge in [-0.05, 0) is 31.9 Å². The largest absolute Gasteiger partial charge is 0.465 e. The number of aryl methyl sites for hydroxylation is 1. The summed E-state index contributed by atoms with van der Waals surface area (Å²) >= 11 is 0. The first-order valence-electron chi connectivity index (χ1n) is 8.80. The van der Waals surface area contributed by atoms with Gasteiger partial charge in [0.1, 0.15) is 6.54 Å². The lowest BCUT2D eigenvalue weighted by Gasteiger charge is -2.21. The summed E-state index contributed by atoms with van der Waals surface area (Å²) in [5.74, 6) is -0.453. The van der Waals surface area contributed by atoms with Crippen molar-refractivity contribution in [3.8, 4) is 0 Å². The van der Waals surface area contributed by atoms with Crippen molar-refractivity contribution in [1.82, 2.24) is 9.55 Å². The minimum atomic E-state index is -0.544. The third kappa shape index (κ3) is 4.16. The summed E-state index contributed by atoms with van der Waals surface area (Å²) < 4.78 is 6.10. The number of carbonyl (C=O) groups is 2. The molecule has 1 N–H and O–H groups in total. The Labute approximate surface area is 156 Å². The molecule has 8 nitrogen and oxygen atoms in total. The fraction of sp³-hybridized carbons (Fsp3) is 0.368. The van der Waals surface area contributed by atoms with Crippen LogP contribution < -0.4 is 15.8 Å². The first-order chi connectivity index (χ1) is 13.0. The molecule has 0 radical (unpaired) electrons. The number of hydrogen-bond donors (Lipinski definition) is 1. The summed E-state index contributed by atoms with van der Waals surface area (Å²) in [5, 5.41) is 2.69. The number of methoxy groups -OCH3 is 1. The average Bonchev–Trinajstić information content (AvgIpc) is 3.18. The lowest BCUT2D eigenvalue weighted by Crippen LogP contribution is -2.34. The van der Waals surface area contributed by atoms with Crippen molar-refractivity contribution in [2.75, 3.05) is 30.4 Å². The van der Waals surface area contributed by atoms with Gasteiger partial charge in [0.15, 0.2) is 0 Å². The van der Waals surface area contributed by atoms with Gasteiger partial charge in [-0.15, -0.1) is 0 Å². The number of anilines is 2. The van der Waals surface area contributed by atoms with E-state index in [4.69, 9.17) is 4.74 Å². The summed E-state index contributed by atoms with van der Waals surface area (Å²) in [6.45, 7) is 3.19. The Kier molecular flexibility index (Phi) is 5.54. The number of esters is 1. The molecular formula is C19H22N4O4. The number of nitrogens with zero attached hydrogens (tertiary/aromatic N) is 3. The molecule has 0 spiro atoms. The number of aromatic nitrogens is 2. The molecule has 2 heterocycles. The Morgan fingerprint density at radius 3 is 2.63 bits per heavy atom. The van der Waals surface area contributed by atoms with Gasteiger partial charge in [0.05, 0.1) is 18.4 Å². The highest BCUT2D eigenvalue weighted by molar-refractivity contribution is 6.01. The fourth-order valence-electron chi connectivity index (χ4n) is 3.13. The smallest absolute Gasteiger partial charge is 0.339 e. The van der Waals surface area contributed by atoms with E-state index in [1.807, 2.05) is 4.90 Å². The summed E-state index contributed by atoms with van der Waals surface area (Å²) in [6, 6.07) is 7.98. The van der Waals surface area contributed by atoms with E-state index in [1.54, 1.807) is 31.2 Å². The van der Waals surface area contributed by atoms with E-state index in [1.165, 1.54) is 17.7 Å². The predicted octanol–water partition coefficient (Wildman–Crippen LogP) is 1.58. The molecule has 1 fully saturated rings. The molecule has 0 unspecified atom stereocenters. The third-order valence-corrected chi connectivity index (χ3v) is 4.41. The minimum Gasteiger partial charge on any atom is -0.465 e. The quantitative estimate of drug-likeness (QED) is 0.803. The second-order valence-electron chi connectivity index (χ2n) is 6.40. The van der Waals surface area contributed by atoms with Crippen molar-refractivity contribution in [2.45, 2.75) is 26.3 Å². The van der Waals surface area contributed by atoms with Crippen LogP contribution in [-0.2, 0) is 16.1 Å². The molecule has 0 aliphatic carbocycles. The SMILES string of the molecule is COC(=O)c1ccccc1NC(=O)Cn1c(N2CCCC2)nc(C)cc1=O. The van der Waals surface area contributed by atoms with Crippen LogP contribution in [0.3, 0.4) is 0 Å². The summed E-state index contributed by atoms with van der Waals surface area (Å²) in [5.41, 5.74) is 0.933. The second kappa shape index (κ2) is 8.03. The van der Waals surface area contributed by atoms with E-state index in [0.717, 1.165) is 25.9 Å². The second-order valence-corrected chi connectivity index (χ2v) is 6.40. The molecule has 0 bridgehead atoms. The summed E-state index contributed by atoms with van der Waals surface area (Å²) in [6.07, 6.45) is 2.06. The predicted molar refractivity (Wildman–Crippen MR) is 101 cm³/mol. The Hall–Kier alpha value is -3.16. The number of para-hydroxylation sites is 1. The lowest BCUT2D eigenvalue weighted by atomic mass is 10.2. The molecule has 1 aromatic heterocycles. The van der Waals surface area contributed by atoms with E-state index in [9.17, 15) is 14.4 Å². The number of rotatable bonds is 5. The van der Waals surface area contributed by atoms with Crippen molar-refractivity contribution in [3.05, 3.63) is 51.9 Å². The molecular weight excluding hydrogens is 348 g/mol. The van der Waals surface area contributed by atoms with Crippen LogP contribution in [0.15, 0.2) is 35.1 Å². The summed E-state index contributed by atoms with van der Waals surface area (Å²) in [4.78, 5) is 43.4. The van der Waals surface area contributed by atoms with Gasteiger partial charge < -0.3 is 15.0 Å². The first-order valence-corrected chi connectivity index (χ1v) is 8.80. The number of carbonyl (C=O) groups excluding carboxylic acids is 2. The van der Waals surface area contributed by atoms with Gasteiger partial charge in [0, 0.05) is 24.8 Å². The molecule has 8 heteroatoms. The van der Waals surface area contributed by atoms with Crippen LogP contribution in [0, 0.1) is 6.92 Å². The van der Waals surface area contributed by atoms with Crippen molar-refractivity contribution in [3.63, 3.8) is 0 Å². The highest BCUT2D eigenvalue weighted by atomic mass is 16.5. The molecule has 1 aliphatic rings. The highest BCUT2D eigenvalue weighted by Crippen LogP contribution is 2.18. The molecule has 1 aliphatic heterocycles. The maximum atomic E-state index is 12.6. The van der Waals surface area contributed by atoms with Gasteiger partial charge in [-0.3, -0.25) is 14.2 Å². The molecule has 1 aromatic carbocycles. The van der Waals surface area contributed by atoms with Crippen LogP contribution in [0.2, 0.25) is 0 Å². The van der Waals surface area contributed by atoms with E-state index in [0.29, 0.717) is 17.3 Å². The van der Waals surface area contributed by atoms with E-state index >= 15 is 0 Å². The Morgan fingerprint density at radius 2 is 1.93 bits per heavy atom. The van der Waals surface area contributed by atoms with Gasteiger partial charge >= 0.3 is 5.97 Å². The topological polar surface area (TPSA) is 93.5 Å². The van der Waals surface area contributed by atoms with Crippen molar-refractivity contribution in [2.24, 2.45) is 0 Å². The molecule has 0 atom stereocenters. The van der Waals surface area contributed by atoms with Crippen molar-refractivity contribution in [1.29, 1.82) is 0 Å². The van der Waals surface area contributed by atoms with E-state index in [-0.39, 0.29) is 17.7 Å². The molecule has 2 aromatic rings. The fourth-order valence-corrected chi connectivity index (χ4v) is 3.13. The zero-order valence-electron chi connectivity index (χ0n) is 15.4. The van der Waals surface area contributed by atoms with Gasteiger partial charge in [-0.25, -0.2) is 9.78 Å².